The fourth-order valence-electron chi connectivity index (χ4n) is 2.22. The molecular weight excluding hydrogens is 226 g/mol. The molecule has 0 saturated heterocycles. The van der Waals surface area contributed by atoms with Crippen LogP contribution < -0.4 is 0 Å². The Morgan fingerprint density at radius 2 is 1.83 bits per heavy atom. The lowest BCUT2D eigenvalue weighted by molar-refractivity contribution is 0.0455. The van der Waals surface area contributed by atoms with Crippen molar-refractivity contribution < 1.29 is 9.53 Å². The van der Waals surface area contributed by atoms with Gasteiger partial charge in [-0.3, -0.25) is 0 Å². The molecule has 0 fully saturated rings. The molecule has 0 spiro atoms. The molecule has 0 aromatic heterocycles. The van der Waals surface area contributed by atoms with Crippen molar-refractivity contribution in [2.24, 2.45) is 0 Å². The Morgan fingerprint density at radius 3 is 2.56 bits per heavy atom. The molecule has 3 nitrogen and oxygen atoms in total. The van der Waals surface area contributed by atoms with Crippen LogP contribution in [0.2, 0.25) is 0 Å². The number of carbonyl (C=O) groups is 1. The Kier molecular flexibility index (Phi) is 2.35. The molecule has 0 saturated carbocycles. The lowest BCUT2D eigenvalue weighted by Crippen LogP contribution is -2.01. The van der Waals surface area contributed by atoms with E-state index in [1.54, 1.807) is 18.2 Å². The summed E-state index contributed by atoms with van der Waals surface area (Å²) in [6, 6.07) is 16.7. The summed E-state index contributed by atoms with van der Waals surface area (Å²) in [5, 5.41) is 9.14. The van der Waals surface area contributed by atoms with Crippen LogP contribution in [0.1, 0.15) is 33.2 Å². The van der Waals surface area contributed by atoms with Gasteiger partial charge in [0.2, 0.25) is 0 Å². The highest BCUT2D eigenvalue weighted by Crippen LogP contribution is 2.37. The maximum atomic E-state index is 11.8. The van der Waals surface area contributed by atoms with Gasteiger partial charge in [-0.1, -0.05) is 36.4 Å². The van der Waals surface area contributed by atoms with E-state index in [9.17, 15) is 4.79 Å². The van der Waals surface area contributed by atoms with Gasteiger partial charge in [-0.05, 0) is 17.7 Å². The Morgan fingerprint density at radius 1 is 1.06 bits per heavy atom. The van der Waals surface area contributed by atoms with E-state index in [2.05, 4.69) is 6.07 Å². The predicted octanol–water partition coefficient (Wildman–Crippen LogP) is 2.82. The molecule has 0 bridgehead atoms. The van der Waals surface area contributed by atoms with Crippen molar-refractivity contribution >= 4 is 5.97 Å². The molecule has 0 radical (unpaired) electrons. The summed E-state index contributed by atoms with van der Waals surface area (Å²) in [4.78, 5) is 11.8. The third-order valence-electron chi connectivity index (χ3n) is 3.04. The second-order valence-electron chi connectivity index (χ2n) is 4.07. The average Bonchev–Trinajstić information content (AvgIpc) is 2.77. The van der Waals surface area contributed by atoms with Crippen molar-refractivity contribution in [3.05, 3.63) is 70.8 Å². The molecule has 18 heavy (non-hydrogen) atoms. The minimum absolute atomic E-state index is 0.365. The predicted molar refractivity (Wildman–Crippen MR) is 64.9 cm³/mol. The zero-order chi connectivity index (χ0) is 12.5. The Labute approximate surface area is 104 Å². The number of nitriles is 1. The summed E-state index contributed by atoms with van der Waals surface area (Å²) in [7, 11) is 0. The number of cyclic esters (lactones) is 1. The summed E-state index contributed by atoms with van der Waals surface area (Å²) in [6.07, 6.45) is -0.468. The molecule has 0 aliphatic carbocycles. The number of benzene rings is 2. The van der Waals surface area contributed by atoms with E-state index in [0.717, 1.165) is 5.56 Å². The van der Waals surface area contributed by atoms with Crippen molar-refractivity contribution in [2.45, 2.75) is 6.10 Å². The van der Waals surface area contributed by atoms with Gasteiger partial charge >= 0.3 is 5.97 Å². The van der Waals surface area contributed by atoms with Crippen LogP contribution in [-0.4, -0.2) is 5.97 Å². The first kappa shape index (κ1) is 10.5. The zero-order valence-electron chi connectivity index (χ0n) is 9.46. The van der Waals surface area contributed by atoms with Crippen LogP contribution in [0, 0.1) is 11.3 Å². The number of hydrogen-bond donors (Lipinski definition) is 0. The van der Waals surface area contributed by atoms with Crippen molar-refractivity contribution in [1.29, 1.82) is 5.26 Å². The van der Waals surface area contributed by atoms with Gasteiger partial charge in [0.15, 0.2) is 6.10 Å². The maximum Gasteiger partial charge on any atom is 0.339 e. The number of hydrogen-bond acceptors (Lipinski definition) is 3. The lowest BCUT2D eigenvalue weighted by Gasteiger charge is -2.11. The molecule has 1 atom stereocenters. The molecule has 86 valence electrons. The standard InChI is InChI=1S/C15H9NO2/c16-9-11-7-4-8-12-13(11)14(18-15(12)17)10-5-2-1-3-6-10/h1-8,14H. The molecule has 3 rings (SSSR count). The third kappa shape index (κ3) is 1.47. The Hall–Kier alpha value is -2.60. The average molecular weight is 235 g/mol. The van der Waals surface area contributed by atoms with E-state index in [4.69, 9.17) is 10.00 Å². The third-order valence-corrected chi connectivity index (χ3v) is 3.04. The fraction of sp³-hybridized carbons (Fsp3) is 0.0667. The van der Waals surface area contributed by atoms with Gasteiger partial charge in [0.1, 0.15) is 0 Å². The molecule has 2 aromatic rings. The molecule has 3 heteroatoms. The highest BCUT2D eigenvalue weighted by atomic mass is 16.5. The number of rotatable bonds is 1. The molecule has 1 aliphatic heterocycles. The molecule has 2 aromatic carbocycles. The second kappa shape index (κ2) is 4.01. The van der Waals surface area contributed by atoms with Crippen LogP contribution in [0.5, 0.6) is 0 Å². The smallest absolute Gasteiger partial charge is 0.339 e. The Balaban J connectivity index is 2.20. The summed E-state index contributed by atoms with van der Waals surface area (Å²) in [6.45, 7) is 0. The maximum absolute atomic E-state index is 11.8. The van der Waals surface area contributed by atoms with Gasteiger partial charge < -0.3 is 4.74 Å². The van der Waals surface area contributed by atoms with Gasteiger partial charge in [0.05, 0.1) is 17.2 Å². The van der Waals surface area contributed by atoms with Gasteiger partial charge in [0, 0.05) is 5.56 Å². The second-order valence-corrected chi connectivity index (χ2v) is 4.07. The van der Waals surface area contributed by atoms with Crippen LogP contribution in [0.15, 0.2) is 48.5 Å². The monoisotopic (exact) mass is 235 g/mol. The highest BCUT2D eigenvalue weighted by molar-refractivity contribution is 5.95. The van der Waals surface area contributed by atoms with E-state index >= 15 is 0 Å². The van der Waals surface area contributed by atoms with E-state index in [1.165, 1.54) is 0 Å². The van der Waals surface area contributed by atoms with Crippen LogP contribution in [0.4, 0.5) is 0 Å². The largest absolute Gasteiger partial charge is 0.449 e. The van der Waals surface area contributed by atoms with Gasteiger partial charge in [0.25, 0.3) is 0 Å². The van der Waals surface area contributed by atoms with Crippen molar-refractivity contribution in [3.63, 3.8) is 0 Å². The quantitative estimate of drug-likeness (QED) is 0.714. The summed E-state index contributed by atoms with van der Waals surface area (Å²) >= 11 is 0. The number of nitrogens with zero attached hydrogens (tertiary/aromatic N) is 1. The highest BCUT2D eigenvalue weighted by Gasteiger charge is 2.34. The number of esters is 1. The van der Waals surface area contributed by atoms with E-state index in [0.29, 0.717) is 16.7 Å². The fourth-order valence-corrected chi connectivity index (χ4v) is 2.22. The number of carbonyl (C=O) groups excluding carboxylic acids is 1. The first-order valence-electron chi connectivity index (χ1n) is 5.60. The van der Waals surface area contributed by atoms with Gasteiger partial charge in [-0.2, -0.15) is 5.26 Å². The lowest BCUT2D eigenvalue weighted by atomic mass is 9.95. The molecular formula is C15H9NO2. The molecule has 1 heterocycles. The minimum atomic E-state index is -0.468. The SMILES string of the molecule is N#Cc1cccc2c1C(c1ccccc1)OC2=O. The molecule has 0 N–H and O–H groups in total. The molecule has 0 amide bonds. The van der Waals surface area contributed by atoms with Crippen LogP contribution in [-0.2, 0) is 4.74 Å². The molecule has 1 unspecified atom stereocenters. The number of ether oxygens (including phenoxy) is 1. The normalized spacial score (nSPS) is 16.8. The van der Waals surface area contributed by atoms with Gasteiger partial charge in [-0.25, -0.2) is 4.79 Å². The first-order valence-corrected chi connectivity index (χ1v) is 5.60. The van der Waals surface area contributed by atoms with Crippen molar-refractivity contribution in [2.75, 3.05) is 0 Å². The van der Waals surface area contributed by atoms with Crippen LogP contribution in [0.25, 0.3) is 0 Å². The molecule has 1 aliphatic rings. The van der Waals surface area contributed by atoms with E-state index in [-0.39, 0.29) is 5.97 Å². The summed E-state index contributed by atoms with van der Waals surface area (Å²) in [5.41, 5.74) is 2.54. The van der Waals surface area contributed by atoms with Crippen LogP contribution >= 0.6 is 0 Å². The van der Waals surface area contributed by atoms with Crippen LogP contribution in [0.3, 0.4) is 0 Å². The Bertz CT molecular complexity index is 656. The number of fused-ring (bicyclic) bond motifs is 1. The van der Waals surface area contributed by atoms with Gasteiger partial charge in [-0.15, -0.1) is 0 Å². The first-order chi connectivity index (χ1) is 8.81. The van der Waals surface area contributed by atoms with E-state index < -0.39 is 6.10 Å². The van der Waals surface area contributed by atoms with E-state index in [1.807, 2.05) is 30.3 Å². The summed E-state index contributed by atoms with van der Waals surface area (Å²) < 4.78 is 5.37. The topological polar surface area (TPSA) is 50.1 Å². The van der Waals surface area contributed by atoms with Crippen molar-refractivity contribution in [3.8, 4) is 6.07 Å². The summed E-state index contributed by atoms with van der Waals surface area (Å²) in [5.74, 6) is -0.365. The zero-order valence-corrected chi connectivity index (χ0v) is 9.46. The van der Waals surface area contributed by atoms with Crippen molar-refractivity contribution in [1.82, 2.24) is 0 Å². The minimum Gasteiger partial charge on any atom is -0.449 e.